The van der Waals surface area contributed by atoms with E-state index in [9.17, 15) is 4.39 Å². The van der Waals surface area contributed by atoms with Crippen molar-refractivity contribution in [2.45, 2.75) is 52.0 Å². The van der Waals surface area contributed by atoms with Crippen molar-refractivity contribution in [3.05, 3.63) is 30.1 Å². The van der Waals surface area contributed by atoms with E-state index in [-0.39, 0.29) is 5.82 Å². The Morgan fingerprint density at radius 1 is 1.25 bits per heavy atom. The van der Waals surface area contributed by atoms with Crippen LogP contribution in [0, 0.1) is 5.82 Å². The van der Waals surface area contributed by atoms with E-state index < -0.39 is 0 Å². The first-order chi connectivity index (χ1) is 7.72. The topological polar surface area (TPSA) is 12.0 Å². The quantitative estimate of drug-likeness (QED) is 0.666. The first kappa shape index (κ1) is 13.0. The summed E-state index contributed by atoms with van der Waals surface area (Å²) in [6.45, 7) is 4.37. The molecule has 0 heterocycles. The van der Waals surface area contributed by atoms with Crippen molar-refractivity contribution in [3.63, 3.8) is 0 Å². The fourth-order valence-corrected chi connectivity index (χ4v) is 1.81. The summed E-state index contributed by atoms with van der Waals surface area (Å²) >= 11 is 0. The highest BCUT2D eigenvalue weighted by Crippen LogP contribution is 2.13. The summed E-state index contributed by atoms with van der Waals surface area (Å²) in [7, 11) is 0. The van der Waals surface area contributed by atoms with Crippen LogP contribution in [0.25, 0.3) is 0 Å². The fraction of sp³-hybridized carbons (Fsp3) is 0.571. The Morgan fingerprint density at radius 3 is 2.75 bits per heavy atom. The molecule has 0 aliphatic carbocycles. The SMILES string of the molecule is CCCCCCC(C)Nc1cccc(F)c1. The van der Waals surface area contributed by atoms with Gasteiger partial charge in [-0.2, -0.15) is 0 Å². The van der Waals surface area contributed by atoms with Crippen molar-refractivity contribution in [3.8, 4) is 0 Å². The minimum Gasteiger partial charge on any atom is -0.383 e. The van der Waals surface area contributed by atoms with Crippen LogP contribution < -0.4 is 5.32 Å². The van der Waals surface area contributed by atoms with Crippen LogP contribution in [-0.2, 0) is 0 Å². The van der Waals surface area contributed by atoms with Gasteiger partial charge in [-0.1, -0.05) is 38.7 Å². The van der Waals surface area contributed by atoms with Crippen molar-refractivity contribution >= 4 is 5.69 Å². The van der Waals surface area contributed by atoms with Gasteiger partial charge in [0.15, 0.2) is 0 Å². The Kier molecular flexibility index (Phi) is 5.91. The molecule has 1 aromatic rings. The maximum Gasteiger partial charge on any atom is 0.125 e. The molecular formula is C14H22FN. The van der Waals surface area contributed by atoms with Crippen LogP contribution in [0.15, 0.2) is 24.3 Å². The zero-order valence-corrected chi connectivity index (χ0v) is 10.3. The van der Waals surface area contributed by atoms with Gasteiger partial charge in [-0.15, -0.1) is 0 Å². The molecule has 1 aromatic carbocycles. The maximum absolute atomic E-state index is 12.9. The summed E-state index contributed by atoms with van der Waals surface area (Å²) in [5.41, 5.74) is 0.878. The predicted molar refractivity (Wildman–Crippen MR) is 68.2 cm³/mol. The standard InChI is InChI=1S/C14H22FN/c1-3-4-5-6-8-12(2)16-14-10-7-9-13(15)11-14/h7,9-12,16H,3-6,8H2,1-2H3. The third-order valence-electron chi connectivity index (χ3n) is 2.73. The molecule has 0 bridgehead atoms. The Morgan fingerprint density at radius 2 is 2.06 bits per heavy atom. The smallest absolute Gasteiger partial charge is 0.125 e. The summed E-state index contributed by atoms with van der Waals surface area (Å²) in [4.78, 5) is 0. The van der Waals surface area contributed by atoms with Gasteiger partial charge in [0.25, 0.3) is 0 Å². The Balaban J connectivity index is 2.25. The van der Waals surface area contributed by atoms with E-state index >= 15 is 0 Å². The largest absolute Gasteiger partial charge is 0.383 e. The molecule has 90 valence electrons. The number of benzene rings is 1. The van der Waals surface area contributed by atoms with E-state index in [1.165, 1.54) is 31.7 Å². The highest BCUT2D eigenvalue weighted by Gasteiger charge is 2.02. The molecule has 2 heteroatoms. The lowest BCUT2D eigenvalue weighted by molar-refractivity contribution is 0.592. The molecule has 1 unspecified atom stereocenters. The van der Waals surface area contributed by atoms with Crippen LogP contribution in [0.4, 0.5) is 10.1 Å². The van der Waals surface area contributed by atoms with Crippen LogP contribution in [0.1, 0.15) is 46.0 Å². The van der Waals surface area contributed by atoms with Gasteiger partial charge in [0.05, 0.1) is 0 Å². The van der Waals surface area contributed by atoms with E-state index in [4.69, 9.17) is 0 Å². The molecule has 1 N–H and O–H groups in total. The molecule has 1 atom stereocenters. The second-order valence-electron chi connectivity index (χ2n) is 4.41. The van der Waals surface area contributed by atoms with E-state index in [1.807, 2.05) is 6.07 Å². The normalized spacial score (nSPS) is 12.4. The van der Waals surface area contributed by atoms with Gasteiger partial charge in [0.1, 0.15) is 5.82 Å². The lowest BCUT2D eigenvalue weighted by atomic mass is 10.1. The van der Waals surface area contributed by atoms with E-state index in [1.54, 1.807) is 12.1 Å². The van der Waals surface area contributed by atoms with Gasteiger partial charge < -0.3 is 5.32 Å². The third kappa shape index (κ3) is 5.15. The monoisotopic (exact) mass is 223 g/mol. The van der Waals surface area contributed by atoms with E-state index in [2.05, 4.69) is 19.2 Å². The minimum atomic E-state index is -0.178. The number of anilines is 1. The zero-order valence-electron chi connectivity index (χ0n) is 10.3. The molecule has 0 saturated carbocycles. The lowest BCUT2D eigenvalue weighted by Gasteiger charge is -2.15. The van der Waals surface area contributed by atoms with Gasteiger partial charge in [0.2, 0.25) is 0 Å². The number of rotatable bonds is 7. The molecule has 0 radical (unpaired) electrons. The predicted octanol–water partition coefficient (Wildman–Crippen LogP) is 4.60. The van der Waals surface area contributed by atoms with Crippen molar-refractivity contribution in [2.24, 2.45) is 0 Å². The summed E-state index contributed by atoms with van der Waals surface area (Å²) in [5, 5.41) is 3.32. The number of hydrogen-bond acceptors (Lipinski definition) is 1. The second-order valence-corrected chi connectivity index (χ2v) is 4.41. The van der Waals surface area contributed by atoms with Crippen LogP contribution in [0.3, 0.4) is 0 Å². The highest BCUT2D eigenvalue weighted by atomic mass is 19.1. The molecule has 0 aliphatic heterocycles. The molecule has 0 fully saturated rings. The van der Waals surface area contributed by atoms with Crippen LogP contribution >= 0.6 is 0 Å². The fourth-order valence-electron chi connectivity index (χ4n) is 1.81. The second kappa shape index (κ2) is 7.26. The average molecular weight is 223 g/mol. The summed E-state index contributed by atoms with van der Waals surface area (Å²) in [5.74, 6) is -0.178. The van der Waals surface area contributed by atoms with Gasteiger partial charge in [-0.05, 0) is 31.5 Å². The summed E-state index contributed by atoms with van der Waals surface area (Å²) in [6.07, 6.45) is 6.28. The van der Waals surface area contributed by atoms with E-state index in [0.29, 0.717) is 6.04 Å². The maximum atomic E-state index is 12.9. The molecule has 1 nitrogen and oxygen atoms in total. The third-order valence-corrected chi connectivity index (χ3v) is 2.73. The Bertz CT molecular complexity index is 299. The van der Waals surface area contributed by atoms with E-state index in [0.717, 1.165) is 12.1 Å². The number of halogens is 1. The van der Waals surface area contributed by atoms with Gasteiger partial charge in [-0.3, -0.25) is 0 Å². The van der Waals surface area contributed by atoms with Crippen LogP contribution in [-0.4, -0.2) is 6.04 Å². The first-order valence-corrected chi connectivity index (χ1v) is 6.24. The summed E-state index contributed by atoms with van der Waals surface area (Å²) in [6, 6.07) is 7.07. The molecular weight excluding hydrogens is 201 g/mol. The number of hydrogen-bond donors (Lipinski definition) is 1. The molecule has 1 rings (SSSR count). The highest BCUT2D eigenvalue weighted by molar-refractivity contribution is 5.43. The number of unbranched alkanes of at least 4 members (excludes halogenated alkanes) is 3. The van der Waals surface area contributed by atoms with Crippen molar-refractivity contribution in [2.75, 3.05) is 5.32 Å². The van der Waals surface area contributed by atoms with Crippen molar-refractivity contribution in [1.29, 1.82) is 0 Å². The minimum absolute atomic E-state index is 0.178. The molecule has 0 saturated heterocycles. The van der Waals surface area contributed by atoms with Gasteiger partial charge in [-0.25, -0.2) is 4.39 Å². The van der Waals surface area contributed by atoms with Crippen LogP contribution in [0.2, 0.25) is 0 Å². The Hall–Kier alpha value is -1.05. The molecule has 0 aliphatic rings. The van der Waals surface area contributed by atoms with Crippen molar-refractivity contribution in [1.82, 2.24) is 0 Å². The van der Waals surface area contributed by atoms with Crippen molar-refractivity contribution < 1.29 is 4.39 Å². The van der Waals surface area contributed by atoms with Gasteiger partial charge >= 0.3 is 0 Å². The number of nitrogens with one attached hydrogen (secondary N) is 1. The lowest BCUT2D eigenvalue weighted by Crippen LogP contribution is -2.14. The van der Waals surface area contributed by atoms with Gasteiger partial charge in [0, 0.05) is 11.7 Å². The summed E-state index contributed by atoms with van der Waals surface area (Å²) < 4.78 is 12.9. The molecule has 0 aromatic heterocycles. The molecule has 0 spiro atoms. The Labute approximate surface area is 98.1 Å². The molecule has 0 amide bonds. The first-order valence-electron chi connectivity index (χ1n) is 6.24. The average Bonchev–Trinajstić information content (AvgIpc) is 2.24. The van der Waals surface area contributed by atoms with Crippen LogP contribution in [0.5, 0.6) is 0 Å². The molecule has 16 heavy (non-hydrogen) atoms. The zero-order chi connectivity index (χ0) is 11.8.